The molecule has 3 heterocycles. The van der Waals surface area contributed by atoms with Crippen LogP contribution in [0.15, 0.2) is 48.2 Å². The normalized spacial score (nSPS) is 25.5. The molecule has 0 unspecified atom stereocenters. The minimum atomic E-state index is -4.18. The minimum absolute atomic E-state index is 0.000945. The van der Waals surface area contributed by atoms with Crippen molar-refractivity contribution in [2.24, 2.45) is 11.1 Å². The minimum Gasteiger partial charge on any atom is -0.390 e. The highest BCUT2D eigenvalue weighted by atomic mass is 32.2. The van der Waals surface area contributed by atoms with Gasteiger partial charge in [-0.15, -0.1) is 11.3 Å². The van der Waals surface area contributed by atoms with Crippen LogP contribution in [0.5, 0.6) is 0 Å². The zero-order valence-corrected chi connectivity index (χ0v) is 21.3. The van der Waals surface area contributed by atoms with E-state index in [-0.39, 0.29) is 36.2 Å². The fraction of sp³-hybridized carbons (Fsp3) is 0.375. The average Bonchev–Trinajstić information content (AvgIpc) is 3.48. The second-order valence-corrected chi connectivity index (χ2v) is 11.3. The lowest BCUT2D eigenvalue weighted by Crippen LogP contribution is -2.36. The molecule has 0 amide bonds. The van der Waals surface area contributed by atoms with Crippen LogP contribution < -0.4 is 15.8 Å². The van der Waals surface area contributed by atoms with Gasteiger partial charge in [-0.3, -0.25) is 8.98 Å². The Balaban J connectivity index is 1.33. The van der Waals surface area contributed by atoms with E-state index in [1.165, 1.54) is 35.0 Å². The van der Waals surface area contributed by atoms with Crippen molar-refractivity contribution < 1.29 is 27.6 Å². The molecule has 1 aliphatic carbocycles. The topological polar surface area (TPSA) is 177 Å². The van der Waals surface area contributed by atoms with Crippen LogP contribution in [0, 0.1) is 5.92 Å². The van der Waals surface area contributed by atoms with Gasteiger partial charge in [0.25, 0.3) is 0 Å². The van der Waals surface area contributed by atoms with Crippen LogP contribution in [0.25, 0.3) is 0 Å². The summed E-state index contributed by atoms with van der Waals surface area (Å²) in [6.45, 7) is 0.474. The molecule has 6 N–H and O–H groups in total. The third-order valence-corrected chi connectivity index (χ3v) is 8.22. The lowest BCUT2D eigenvalue weighted by molar-refractivity contribution is 0.00778. The van der Waals surface area contributed by atoms with E-state index in [1.807, 2.05) is 23.6 Å². The van der Waals surface area contributed by atoms with Crippen molar-refractivity contribution in [3.63, 3.8) is 0 Å². The molecule has 2 aliphatic rings. The van der Waals surface area contributed by atoms with Crippen molar-refractivity contribution in [1.82, 2.24) is 15.3 Å². The van der Waals surface area contributed by atoms with Crippen LogP contribution in [0.3, 0.4) is 0 Å². The molecule has 196 valence electrons. The smallest absolute Gasteiger partial charge is 0.333 e. The molecule has 0 bridgehead atoms. The Morgan fingerprint density at radius 1 is 1.27 bits per heavy atom. The number of rotatable bonds is 8. The number of aliphatic hydroxyl groups excluding tert-OH is 2. The summed E-state index contributed by atoms with van der Waals surface area (Å²) in [6.07, 6.45) is 1.33. The molecular weight excluding hydrogens is 518 g/mol. The van der Waals surface area contributed by atoms with Crippen molar-refractivity contribution in [3.05, 3.63) is 75.4 Å². The summed E-state index contributed by atoms with van der Waals surface area (Å²) in [5, 5.41) is 34.2. The van der Waals surface area contributed by atoms with E-state index in [9.17, 15) is 23.4 Å². The first-order chi connectivity index (χ1) is 17.7. The summed E-state index contributed by atoms with van der Waals surface area (Å²) in [6, 6.07) is 9.44. The van der Waals surface area contributed by atoms with E-state index in [1.54, 1.807) is 0 Å². The van der Waals surface area contributed by atoms with Crippen LogP contribution in [-0.4, -0.2) is 65.8 Å². The number of nitrogens with two attached hydrogens (primary N) is 1. The molecule has 0 saturated heterocycles. The van der Waals surface area contributed by atoms with Gasteiger partial charge >= 0.3 is 10.3 Å². The van der Waals surface area contributed by atoms with Gasteiger partial charge in [-0.25, -0.2) is 15.1 Å². The highest BCUT2D eigenvalue weighted by Crippen LogP contribution is 2.34. The van der Waals surface area contributed by atoms with Gasteiger partial charge in [0.2, 0.25) is 5.78 Å². The molecule has 1 fully saturated rings. The molecule has 5 atom stereocenters. The maximum Gasteiger partial charge on any atom is 0.333 e. The SMILES string of the molecule is NS(=O)(=O)OC[C@H]1C[C@@H](Nc2ncncc2C(=O)c2cc([C@H]3NCCc4ccccc43)cs2)[C@H](O)[C@@H]1O. The average molecular weight is 546 g/mol. The Morgan fingerprint density at radius 3 is 2.89 bits per heavy atom. The molecule has 2 aromatic heterocycles. The Hall–Kier alpha value is -2.78. The molecular formula is C24H27N5O6S2. The van der Waals surface area contributed by atoms with E-state index in [4.69, 9.17) is 5.14 Å². The van der Waals surface area contributed by atoms with Crippen molar-refractivity contribution in [2.75, 3.05) is 18.5 Å². The van der Waals surface area contributed by atoms with E-state index in [0.29, 0.717) is 4.88 Å². The van der Waals surface area contributed by atoms with Crippen LogP contribution in [0.4, 0.5) is 5.82 Å². The maximum absolute atomic E-state index is 13.5. The van der Waals surface area contributed by atoms with Crippen LogP contribution >= 0.6 is 11.3 Å². The number of hydrogen-bond donors (Lipinski definition) is 5. The quantitative estimate of drug-likeness (QED) is 0.254. The van der Waals surface area contributed by atoms with Gasteiger partial charge in [0, 0.05) is 18.7 Å². The van der Waals surface area contributed by atoms with E-state index in [2.05, 4.69) is 36.9 Å². The Morgan fingerprint density at radius 2 is 2.08 bits per heavy atom. The van der Waals surface area contributed by atoms with Crippen molar-refractivity contribution in [3.8, 4) is 0 Å². The predicted octanol–water partition coefficient (Wildman–Crippen LogP) is 0.747. The number of fused-ring (bicyclic) bond motifs is 1. The molecule has 5 rings (SSSR count). The summed E-state index contributed by atoms with van der Waals surface area (Å²) < 4.78 is 26.8. The molecule has 37 heavy (non-hydrogen) atoms. The lowest BCUT2D eigenvalue weighted by Gasteiger charge is -2.26. The summed E-state index contributed by atoms with van der Waals surface area (Å²) >= 11 is 1.33. The standard InChI is InChI=1S/C24H27N5O6S2/c25-37(33,34)35-10-14-7-18(23(32)21(14)30)29-24-17(9-26-12-28-24)22(31)19-8-15(11-36-19)20-16-4-2-1-3-13(16)5-6-27-20/h1-4,8-9,11-12,14,18,20-21,23,27,30,32H,5-7,10H2,(H2,25,33,34)(H,26,28,29)/t14-,18-,20-,21-,23+/m1/s1. The second kappa shape index (κ2) is 10.5. The van der Waals surface area contributed by atoms with Gasteiger partial charge in [0.05, 0.1) is 35.2 Å². The molecule has 13 heteroatoms. The Labute approximate surface area is 218 Å². The summed E-state index contributed by atoms with van der Waals surface area (Å²) in [4.78, 5) is 22.2. The number of carbonyl (C=O) groups is 1. The Kier molecular flexibility index (Phi) is 7.36. The molecule has 1 saturated carbocycles. The first-order valence-corrected chi connectivity index (χ1v) is 14.1. The number of ketones is 1. The van der Waals surface area contributed by atoms with Crippen molar-refractivity contribution in [2.45, 2.75) is 37.1 Å². The molecule has 0 spiro atoms. The van der Waals surface area contributed by atoms with Crippen molar-refractivity contribution in [1.29, 1.82) is 0 Å². The number of aromatic nitrogens is 2. The molecule has 11 nitrogen and oxygen atoms in total. The predicted molar refractivity (Wildman–Crippen MR) is 136 cm³/mol. The van der Waals surface area contributed by atoms with Gasteiger partial charge in [-0.2, -0.15) is 8.42 Å². The van der Waals surface area contributed by atoms with Crippen LogP contribution in [-0.2, 0) is 20.9 Å². The van der Waals surface area contributed by atoms with E-state index >= 15 is 0 Å². The second-order valence-electron chi connectivity index (χ2n) is 9.20. The monoisotopic (exact) mass is 545 g/mol. The number of benzene rings is 1. The van der Waals surface area contributed by atoms with Gasteiger partial charge in [-0.1, -0.05) is 24.3 Å². The van der Waals surface area contributed by atoms with Crippen LogP contribution in [0.1, 0.15) is 44.4 Å². The third-order valence-electron chi connectivity index (χ3n) is 6.81. The first-order valence-electron chi connectivity index (χ1n) is 11.8. The molecule has 1 aromatic carbocycles. The van der Waals surface area contributed by atoms with Gasteiger partial charge in [0.1, 0.15) is 18.2 Å². The maximum atomic E-state index is 13.5. The first kappa shape index (κ1) is 25.9. The zero-order chi connectivity index (χ0) is 26.2. The fourth-order valence-electron chi connectivity index (χ4n) is 4.96. The van der Waals surface area contributed by atoms with Gasteiger partial charge in [-0.05, 0) is 41.0 Å². The number of hydrogen-bond acceptors (Lipinski definition) is 11. The third kappa shape index (κ3) is 5.57. The largest absolute Gasteiger partial charge is 0.390 e. The number of anilines is 1. The lowest BCUT2D eigenvalue weighted by atomic mass is 9.91. The highest BCUT2D eigenvalue weighted by Gasteiger charge is 2.42. The number of nitrogens with zero attached hydrogens (tertiary/aromatic N) is 2. The molecule has 0 radical (unpaired) electrons. The zero-order valence-electron chi connectivity index (χ0n) is 19.6. The van der Waals surface area contributed by atoms with Gasteiger partial charge < -0.3 is 20.8 Å². The number of carbonyl (C=O) groups excluding carboxylic acids is 1. The highest BCUT2D eigenvalue weighted by molar-refractivity contribution is 7.84. The summed E-state index contributed by atoms with van der Waals surface area (Å²) in [7, 11) is -4.18. The van der Waals surface area contributed by atoms with E-state index in [0.717, 1.165) is 18.5 Å². The van der Waals surface area contributed by atoms with Crippen molar-refractivity contribution >= 4 is 33.2 Å². The van der Waals surface area contributed by atoms with E-state index < -0.39 is 34.5 Å². The van der Waals surface area contributed by atoms with Gasteiger partial charge in [0.15, 0.2) is 0 Å². The fourth-order valence-corrected chi connectivity index (χ4v) is 6.21. The summed E-state index contributed by atoms with van der Waals surface area (Å²) in [5.74, 6) is -0.747. The van der Waals surface area contributed by atoms with Crippen LogP contribution in [0.2, 0.25) is 0 Å². The summed E-state index contributed by atoms with van der Waals surface area (Å²) in [5.41, 5.74) is 3.71. The number of aliphatic hydroxyl groups is 2. The molecule has 3 aromatic rings. The number of nitrogens with one attached hydrogen (secondary N) is 2. The molecule has 1 aliphatic heterocycles. The number of thiophene rings is 1. The Bertz CT molecular complexity index is 1400.